The zero-order valence-electron chi connectivity index (χ0n) is 15.0. The maximum Gasteiger partial charge on any atom is 0.325 e. The largest absolute Gasteiger partial charge is 0.341 e. The van der Waals surface area contributed by atoms with Crippen molar-refractivity contribution < 1.29 is 14.4 Å². The summed E-state index contributed by atoms with van der Waals surface area (Å²) in [5.41, 5.74) is 0.675. The molecule has 1 aromatic carbocycles. The van der Waals surface area contributed by atoms with E-state index in [1.54, 1.807) is 11.8 Å². The van der Waals surface area contributed by atoms with Gasteiger partial charge in [0.05, 0.1) is 0 Å². The minimum absolute atomic E-state index is 0.164. The van der Waals surface area contributed by atoms with Gasteiger partial charge in [-0.2, -0.15) is 0 Å². The molecule has 0 radical (unpaired) electrons. The van der Waals surface area contributed by atoms with Crippen molar-refractivity contribution in [1.29, 1.82) is 0 Å². The number of hydrogen-bond acceptors (Lipinski definition) is 3. The van der Waals surface area contributed by atoms with Crippen LogP contribution in [0.5, 0.6) is 0 Å². The Morgan fingerprint density at radius 3 is 2.60 bits per heavy atom. The van der Waals surface area contributed by atoms with Gasteiger partial charge in [-0.15, -0.1) is 0 Å². The molecule has 6 nitrogen and oxygen atoms in total. The lowest BCUT2D eigenvalue weighted by Crippen LogP contribution is -2.47. The zero-order chi connectivity index (χ0) is 18.2. The number of nitrogens with zero attached hydrogens (tertiary/aromatic N) is 2. The molecule has 6 heteroatoms. The van der Waals surface area contributed by atoms with E-state index in [0.29, 0.717) is 19.0 Å². The number of benzene rings is 1. The van der Waals surface area contributed by atoms with Gasteiger partial charge in [-0.3, -0.25) is 14.5 Å². The highest BCUT2D eigenvalue weighted by Crippen LogP contribution is 2.29. The SMILES string of the molecule is Cc1ccc([C@]2(C)NC(=O)N(CC(=O)N3CCC[C@@H](C)C3)C2=O)cc1. The Kier molecular flexibility index (Phi) is 4.54. The van der Waals surface area contributed by atoms with Crippen molar-refractivity contribution in [2.75, 3.05) is 19.6 Å². The van der Waals surface area contributed by atoms with Crippen LogP contribution in [0.2, 0.25) is 0 Å². The van der Waals surface area contributed by atoms with Crippen LogP contribution < -0.4 is 5.32 Å². The number of imide groups is 1. The average molecular weight is 343 g/mol. The second kappa shape index (κ2) is 6.50. The highest BCUT2D eigenvalue weighted by molar-refractivity contribution is 6.09. The summed E-state index contributed by atoms with van der Waals surface area (Å²) >= 11 is 0. The fourth-order valence-corrected chi connectivity index (χ4v) is 3.57. The monoisotopic (exact) mass is 343 g/mol. The van der Waals surface area contributed by atoms with Crippen molar-refractivity contribution in [2.24, 2.45) is 5.92 Å². The molecule has 3 rings (SSSR count). The lowest BCUT2D eigenvalue weighted by molar-refractivity contribution is -0.139. The molecule has 1 aromatic rings. The van der Waals surface area contributed by atoms with Gasteiger partial charge in [-0.1, -0.05) is 36.8 Å². The molecule has 2 saturated heterocycles. The summed E-state index contributed by atoms with van der Waals surface area (Å²) < 4.78 is 0. The number of carbonyl (C=O) groups excluding carboxylic acids is 3. The smallest absolute Gasteiger partial charge is 0.325 e. The topological polar surface area (TPSA) is 69.7 Å². The molecular formula is C19H25N3O3. The van der Waals surface area contributed by atoms with E-state index in [0.717, 1.165) is 28.9 Å². The number of nitrogens with one attached hydrogen (secondary N) is 1. The minimum atomic E-state index is -1.12. The maximum atomic E-state index is 12.9. The Labute approximate surface area is 148 Å². The van der Waals surface area contributed by atoms with Gasteiger partial charge < -0.3 is 10.2 Å². The first-order chi connectivity index (χ1) is 11.8. The van der Waals surface area contributed by atoms with E-state index in [4.69, 9.17) is 0 Å². The Balaban J connectivity index is 1.75. The minimum Gasteiger partial charge on any atom is -0.341 e. The highest BCUT2D eigenvalue weighted by Gasteiger charge is 2.49. The van der Waals surface area contributed by atoms with Gasteiger partial charge in [0.1, 0.15) is 12.1 Å². The number of amides is 4. The molecule has 0 aromatic heterocycles. The van der Waals surface area contributed by atoms with E-state index < -0.39 is 11.6 Å². The van der Waals surface area contributed by atoms with Crippen LogP contribution in [0.1, 0.15) is 37.8 Å². The molecule has 25 heavy (non-hydrogen) atoms. The molecule has 0 unspecified atom stereocenters. The first-order valence-corrected chi connectivity index (χ1v) is 8.80. The van der Waals surface area contributed by atoms with Crippen molar-refractivity contribution in [3.63, 3.8) is 0 Å². The number of hydrogen-bond donors (Lipinski definition) is 1. The van der Waals surface area contributed by atoms with Gasteiger partial charge in [0, 0.05) is 13.1 Å². The maximum absolute atomic E-state index is 12.9. The van der Waals surface area contributed by atoms with Crippen LogP contribution in [0.4, 0.5) is 4.79 Å². The summed E-state index contributed by atoms with van der Waals surface area (Å²) in [5.74, 6) is -0.0819. The Bertz CT molecular complexity index is 700. The average Bonchev–Trinajstić information content (AvgIpc) is 2.79. The van der Waals surface area contributed by atoms with E-state index in [9.17, 15) is 14.4 Å². The Morgan fingerprint density at radius 2 is 1.96 bits per heavy atom. The first kappa shape index (κ1) is 17.5. The van der Waals surface area contributed by atoms with E-state index in [2.05, 4.69) is 12.2 Å². The van der Waals surface area contributed by atoms with Gasteiger partial charge in [-0.05, 0) is 38.2 Å². The van der Waals surface area contributed by atoms with E-state index >= 15 is 0 Å². The normalized spacial score (nSPS) is 26.8. The second-order valence-corrected chi connectivity index (χ2v) is 7.40. The first-order valence-electron chi connectivity index (χ1n) is 8.80. The van der Waals surface area contributed by atoms with Crippen LogP contribution in [0.25, 0.3) is 0 Å². The summed E-state index contributed by atoms with van der Waals surface area (Å²) in [5, 5.41) is 2.75. The zero-order valence-corrected chi connectivity index (χ0v) is 15.0. The number of aryl methyl sites for hydroxylation is 1. The summed E-state index contributed by atoms with van der Waals surface area (Å²) in [6.45, 7) is 6.96. The van der Waals surface area contributed by atoms with Crippen LogP contribution in [0.15, 0.2) is 24.3 Å². The number of piperidine rings is 1. The number of likely N-dealkylation sites (tertiary alicyclic amines) is 1. The molecule has 0 aliphatic carbocycles. The van der Waals surface area contributed by atoms with Crippen molar-refractivity contribution in [3.05, 3.63) is 35.4 Å². The third-order valence-electron chi connectivity index (χ3n) is 5.21. The molecule has 2 atom stereocenters. The van der Waals surface area contributed by atoms with Crippen LogP contribution in [-0.2, 0) is 15.1 Å². The van der Waals surface area contributed by atoms with Crippen LogP contribution >= 0.6 is 0 Å². The summed E-state index contributed by atoms with van der Waals surface area (Å²) in [7, 11) is 0. The molecule has 0 saturated carbocycles. The molecular weight excluding hydrogens is 318 g/mol. The molecule has 0 spiro atoms. The fraction of sp³-hybridized carbons (Fsp3) is 0.526. The molecule has 1 N–H and O–H groups in total. The quantitative estimate of drug-likeness (QED) is 0.854. The molecule has 2 heterocycles. The number of carbonyl (C=O) groups is 3. The lowest BCUT2D eigenvalue weighted by Gasteiger charge is -2.31. The van der Waals surface area contributed by atoms with Gasteiger partial charge in [0.15, 0.2) is 0 Å². The molecule has 2 aliphatic heterocycles. The number of rotatable bonds is 3. The second-order valence-electron chi connectivity index (χ2n) is 7.40. The summed E-state index contributed by atoms with van der Waals surface area (Å²) in [6, 6.07) is 6.98. The standard InChI is InChI=1S/C19H25N3O3/c1-13-6-8-15(9-7-13)19(3)17(24)22(18(25)20-19)12-16(23)21-10-4-5-14(2)11-21/h6-9,14H,4-5,10-12H2,1-3H3,(H,20,25)/t14-,19+/m1/s1. The van der Waals surface area contributed by atoms with Crippen molar-refractivity contribution in [3.8, 4) is 0 Å². The third kappa shape index (κ3) is 3.25. The van der Waals surface area contributed by atoms with E-state index in [1.807, 2.05) is 31.2 Å². The molecule has 4 amide bonds. The van der Waals surface area contributed by atoms with Crippen molar-refractivity contribution in [2.45, 2.75) is 39.2 Å². The molecule has 134 valence electrons. The Hall–Kier alpha value is -2.37. The molecule has 0 bridgehead atoms. The molecule has 2 aliphatic rings. The van der Waals surface area contributed by atoms with Crippen LogP contribution in [0, 0.1) is 12.8 Å². The summed E-state index contributed by atoms with van der Waals surface area (Å²) in [4.78, 5) is 40.6. The Morgan fingerprint density at radius 1 is 1.28 bits per heavy atom. The van der Waals surface area contributed by atoms with Crippen LogP contribution in [-0.4, -0.2) is 47.3 Å². The van der Waals surface area contributed by atoms with E-state index in [-0.39, 0.29) is 18.4 Å². The fourth-order valence-electron chi connectivity index (χ4n) is 3.57. The van der Waals surface area contributed by atoms with Gasteiger partial charge in [0.25, 0.3) is 5.91 Å². The van der Waals surface area contributed by atoms with Gasteiger partial charge >= 0.3 is 6.03 Å². The van der Waals surface area contributed by atoms with E-state index in [1.165, 1.54) is 0 Å². The van der Waals surface area contributed by atoms with Crippen molar-refractivity contribution in [1.82, 2.24) is 15.1 Å². The van der Waals surface area contributed by atoms with Crippen LogP contribution in [0.3, 0.4) is 0 Å². The predicted octanol–water partition coefficient (Wildman–Crippen LogP) is 2.02. The predicted molar refractivity (Wildman–Crippen MR) is 93.8 cm³/mol. The summed E-state index contributed by atoms with van der Waals surface area (Å²) in [6.07, 6.45) is 2.08. The van der Waals surface area contributed by atoms with Gasteiger partial charge in [0.2, 0.25) is 5.91 Å². The highest BCUT2D eigenvalue weighted by atomic mass is 16.2. The van der Waals surface area contributed by atoms with Crippen molar-refractivity contribution >= 4 is 17.8 Å². The number of urea groups is 1. The third-order valence-corrected chi connectivity index (χ3v) is 5.21. The molecule has 2 fully saturated rings. The van der Waals surface area contributed by atoms with Gasteiger partial charge in [-0.25, -0.2) is 4.79 Å². The lowest BCUT2D eigenvalue weighted by atomic mass is 9.91.